The number of amides is 2. The first-order valence-corrected chi connectivity index (χ1v) is 24.8. The van der Waals surface area contributed by atoms with Gasteiger partial charge in [0.25, 0.3) is 11.8 Å². The van der Waals surface area contributed by atoms with E-state index in [0.717, 1.165) is 32.0 Å². The summed E-state index contributed by atoms with van der Waals surface area (Å²) in [5, 5.41) is 0. The fourth-order valence-corrected chi connectivity index (χ4v) is 10.6. The van der Waals surface area contributed by atoms with Crippen LogP contribution in [0.2, 0.25) is 0 Å². The summed E-state index contributed by atoms with van der Waals surface area (Å²) in [7, 11) is 0. The fourth-order valence-electron chi connectivity index (χ4n) is 9.42. The molecule has 72 heavy (non-hydrogen) atoms. The standard InChI is InChI=1S/C57H53NO13S/c1-35-27-29-41(30-28-35)72-57-46(58-52(60)42-25-15-16-26-43(42)53(58)61)49(66-36(2)59)47(44(68-57)33-63-31-37-17-7-3-8-18-37)71-56-51(69-54(62)39-21-11-5-12-22-39)50(64-32-38-19-9-4-10-20-38)48-45(67-56)34-65-55(70-48)40-23-13-6-14-24-40/h3-30,44-51,55-57H,31-34H2,1-2H3/t44-,45-,46-,47-,48+,49-,50+,51-,55+,56+,57+/m1/s1. The summed E-state index contributed by atoms with van der Waals surface area (Å²) in [6, 6.07) is 50.0. The molecule has 3 fully saturated rings. The van der Waals surface area contributed by atoms with Crippen LogP contribution in [-0.4, -0.2) is 102 Å². The molecule has 0 unspecified atom stereocenters. The van der Waals surface area contributed by atoms with Crippen molar-refractivity contribution < 1.29 is 61.8 Å². The van der Waals surface area contributed by atoms with Crippen LogP contribution in [0, 0.1) is 6.92 Å². The van der Waals surface area contributed by atoms with Crippen molar-refractivity contribution in [3.8, 4) is 0 Å². The quantitative estimate of drug-likeness (QED) is 0.0671. The molecule has 0 radical (unpaired) electrons. The molecule has 370 valence electrons. The Balaban J connectivity index is 1.07. The number of fused-ring (bicyclic) bond motifs is 2. The van der Waals surface area contributed by atoms with Crippen molar-refractivity contribution >= 4 is 35.5 Å². The van der Waals surface area contributed by atoms with E-state index >= 15 is 0 Å². The van der Waals surface area contributed by atoms with E-state index in [2.05, 4.69) is 0 Å². The van der Waals surface area contributed by atoms with Gasteiger partial charge in [0.1, 0.15) is 42.0 Å². The number of esters is 2. The lowest BCUT2D eigenvalue weighted by Crippen LogP contribution is -2.69. The van der Waals surface area contributed by atoms with Crippen molar-refractivity contribution in [3.63, 3.8) is 0 Å². The third-order valence-corrected chi connectivity index (χ3v) is 14.1. The molecule has 4 aliphatic rings. The highest BCUT2D eigenvalue weighted by Gasteiger charge is 2.59. The normalized spacial score (nSPS) is 26.9. The molecule has 14 nitrogen and oxygen atoms in total. The molecule has 6 aromatic carbocycles. The Morgan fingerprint density at radius 2 is 1.24 bits per heavy atom. The van der Waals surface area contributed by atoms with Crippen LogP contribution >= 0.6 is 11.8 Å². The van der Waals surface area contributed by atoms with E-state index in [1.807, 2.05) is 122 Å². The highest BCUT2D eigenvalue weighted by Crippen LogP contribution is 2.44. The zero-order valence-electron chi connectivity index (χ0n) is 39.5. The maximum absolute atomic E-state index is 14.6. The Bertz CT molecular complexity index is 2770. The molecule has 0 aliphatic carbocycles. The maximum atomic E-state index is 14.6. The first-order chi connectivity index (χ1) is 35.2. The smallest absolute Gasteiger partial charge is 0.338 e. The minimum atomic E-state index is -1.49. The lowest BCUT2D eigenvalue weighted by molar-refractivity contribution is -0.380. The largest absolute Gasteiger partial charge is 0.457 e. The van der Waals surface area contributed by atoms with Gasteiger partial charge in [0.05, 0.1) is 43.1 Å². The van der Waals surface area contributed by atoms with E-state index in [9.17, 15) is 19.2 Å². The summed E-state index contributed by atoms with van der Waals surface area (Å²) in [5.41, 5.74) is 3.09. The van der Waals surface area contributed by atoms with E-state index in [1.165, 1.54) is 18.7 Å². The van der Waals surface area contributed by atoms with Crippen LogP contribution in [0.4, 0.5) is 0 Å². The molecule has 10 rings (SSSR count). The van der Waals surface area contributed by atoms with Crippen LogP contribution in [-0.2, 0) is 60.6 Å². The molecule has 15 heteroatoms. The second kappa shape index (κ2) is 22.5. The minimum absolute atomic E-state index is 0.0136. The minimum Gasteiger partial charge on any atom is -0.457 e. The summed E-state index contributed by atoms with van der Waals surface area (Å²) in [5.74, 6) is -2.62. The van der Waals surface area contributed by atoms with Crippen LogP contribution in [0.25, 0.3) is 0 Å². The predicted molar refractivity (Wildman–Crippen MR) is 262 cm³/mol. The molecule has 0 bridgehead atoms. The average Bonchev–Trinajstić information content (AvgIpc) is 3.66. The van der Waals surface area contributed by atoms with Crippen molar-refractivity contribution in [2.24, 2.45) is 0 Å². The van der Waals surface area contributed by atoms with Crippen LogP contribution in [0.15, 0.2) is 175 Å². The summed E-state index contributed by atoms with van der Waals surface area (Å²) in [6.07, 6.45) is -10.3. The number of carbonyl (C=O) groups excluding carboxylic acids is 4. The van der Waals surface area contributed by atoms with E-state index < -0.39 is 90.5 Å². The van der Waals surface area contributed by atoms with Gasteiger partial charge in [-0.05, 0) is 54.4 Å². The Kier molecular flexibility index (Phi) is 15.3. The van der Waals surface area contributed by atoms with Gasteiger partial charge >= 0.3 is 11.9 Å². The molecular weight excluding hydrogens is 939 g/mol. The van der Waals surface area contributed by atoms with E-state index in [4.69, 9.17) is 42.6 Å². The maximum Gasteiger partial charge on any atom is 0.338 e. The average molecular weight is 992 g/mol. The van der Waals surface area contributed by atoms with Crippen molar-refractivity contribution in [1.29, 1.82) is 0 Å². The van der Waals surface area contributed by atoms with Crippen LogP contribution in [0.5, 0.6) is 0 Å². The summed E-state index contributed by atoms with van der Waals surface area (Å²) in [6.45, 7) is 3.37. The Morgan fingerprint density at radius 3 is 1.88 bits per heavy atom. The lowest BCUT2D eigenvalue weighted by Gasteiger charge is -2.52. The highest BCUT2D eigenvalue weighted by molar-refractivity contribution is 7.99. The van der Waals surface area contributed by atoms with Crippen molar-refractivity contribution in [1.82, 2.24) is 4.90 Å². The fraction of sp³-hybridized carbons (Fsp3) is 0.298. The molecule has 0 saturated carbocycles. The monoisotopic (exact) mass is 991 g/mol. The molecule has 0 N–H and O–H groups in total. The molecular formula is C57H53NO13S. The zero-order chi connectivity index (χ0) is 49.6. The Labute approximate surface area is 421 Å². The van der Waals surface area contributed by atoms with Crippen LogP contribution in [0.1, 0.15) is 66.5 Å². The predicted octanol–water partition coefficient (Wildman–Crippen LogP) is 8.66. The van der Waals surface area contributed by atoms with Gasteiger partial charge in [-0.3, -0.25) is 19.3 Å². The number of thioether (sulfide) groups is 1. The second-order valence-corrected chi connectivity index (χ2v) is 19.1. The van der Waals surface area contributed by atoms with Gasteiger partial charge in [0, 0.05) is 17.4 Å². The Morgan fingerprint density at radius 1 is 0.639 bits per heavy atom. The van der Waals surface area contributed by atoms with Gasteiger partial charge in [-0.2, -0.15) is 0 Å². The van der Waals surface area contributed by atoms with Crippen molar-refractivity contribution in [2.75, 3.05) is 13.2 Å². The van der Waals surface area contributed by atoms with Gasteiger partial charge in [0.15, 0.2) is 24.8 Å². The number of hydrogen-bond acceptors (Lipinski definition) is 14. The summed E-state index contributed by atoms with van der Waals surface area (Å²) in [4.78, 5) is 59.0. The van der Waals surface area contributed by atoms with E-state index in [0.29, 0.717) is 0 Å². The van der Waals surface area contributed by atoms with Crippen LogP contribution in [0.3, 0.4) is 0 Å². The van der Waals surface area contributed by atoms with E-state index in [-0.39, 0.29) is 43.1 Å². The van der Waals surface area contributed by atoms with E-state index in [1.54, 1.807) is 54.6 Å². The van der Waals surface area contributed by atoms with Gasteiger partial charge in [-0.25, -0.2) is 4.79 Å². The van der Waals surface area contributed by atoms with Gasteiger partial charge in [-0.1, -0.05) is 151 Å². The molecule has 11 atom stereocenters. The second-order valence-electron chi connectivity index (χ2n) is 17.9. The number of aryl methyl sites for hydroxylation is 1. The number of hydrogen-bond donors (Lipinski definition) is 0. The van der Waals surface area contributed by atoms with Crippen molar-refractivity contribution in [3.05, 3.63) is 209 Å². The van der Waals surface area contributed by atoms with Gasteiger partial charge < -0.3 is 42.6 Å². The number of rotatable bonds is 16. The number of carbonyl (C=O) groups is 4. The molecule has 2 amide bonds. The number of ether oxygens (including phenoxy) is 9. The van der Waals surface area contributed by atoms with Gasteiger partial charge in [-0.15, -0.1) is 0 Å². The molecule has 4 heterocycles. The summed E-state index contributed by atoms with van der Waals surface area (Å²) >= 11 is 1.26. The SMILES string of the molecule is CC(=O)O[C@H]1[C@H](O[C@@H]2O[C@@H]3CO[C@H](c4ccccc4)O[C@@H]3[C@H](OCc3ccccc3)[C@H]2OC(=O)c2ccccc2)[C@@H](COCc2ccccc2)O[C@@H](Sc2ccc(C)cc2)[C@@H]1N1C(=O)c2ccccc2C1=O. The molecule has 4 aliphatic heterocycles. The molecule has 0 spiro atoms. The highest BCUT2D eigenvalue weighted by atomic mass is 32.2. The first-order valence-electron chi connectivity index (χ1n) is 23.9. The zero-order valence-corrected chi connectivity index (χ0v) is 40.3. The third-order valence-electron chi connectivity index (χ3n) is 12.9. The van der Waals surface area contributed by atoms with Crippen molar-refractivity contribution in [2.45, 2.75) is 98.7 Å². The molecule has 6 aromatic rings. The first kappa shape index (κ1) is 49.1. The lowest BCUT2D eigenvalue weighted by atomic mass is 9.94. The van der Waals surface area contributed by atoms with Crippen LogP contribution < -0.4 is 0 Å². The van der Waals surface area contributed by atoms with Gasteiger partial charge in [0.2, 0.25) is 0 Å². The third kappa shape index (κ3) is 10.9. The molecule has 0 aromatic heterocycles. The number of nitrogens with zero attached hydrogens (tertiary/aromatic N) is 1. The summed E-state index contributed by atoms with van der Waals surface area (Å²) < 4.78 is 60.2. The number of benzene rings is 6. The molecule has 3 saturated heterocycles. The topological polar surface area (TPSA) is 155 Å². The number of imide groups is 1. The Hall–Kier alpha value is -6.53.